The first-order valence-corrected chi connectivity index (χ1v) is 6.69. The fraction of sp³-hybridized carbons (Fsp3) is 0.533. The molecule has 1 rings (SSSR count). The molecule has 0 aliphatic heterocycles. The smallest absolute Gasteiger partial charge is 0.222 e. The SMILES string of the molecule is CC(C)OCCN(C)C(=O)CCc1cccc(N)c1. The lowest BCUT2D eigenvalue weighted by molar-refractivity contribution is -0.130. The molecular weight excluding hydrogens is 240 g/mol. The van der Waals surface area contributed by atoms with Crippen molar-refractivity contribution in [3.05, 3.63) is 29.8 Å². The lowest BCUT2D eigenvalue weighted by Crippen LogP contribution is -2.30. The van der Waals surface area contributed by atoms with Gasteiger partial charge in [0.1, 0.15) is 0 Å². The first kappa shape index (κ1) is 15.5. The Kier molecular flexibility index (Phi) is 6.36. The molecule has 0 bridgehead atoms. The summed E-state index contributed by atoms with van der Waals surface area (Å²) in [6.07, 6.45) is 1.43. The lowest BCUT2D eigenvalue weighted by atomic mass is 10.1. The normalized spacial score (nSPS) is 10.7. The molecule has 0 atom stereocenters. The van der Waals surface area contributed by atoms with E-state index in [0.29, 0.717) is 19.6 Å². The quantitative estimate of drug-likeness (QED) is 0.767. The van der Waals surface area contributed by atoms with Gasteiger partial charge >= 0.3 is 0 Å². The summed E-state index contributed by atoms with van der Waals surface area (Å²) in [7, 11) is 1.81. The third kappa shape index (κ3) is 6.25. The number of hydrogen-bond acceptors (Lipinski definition) is 3. The van der Waals surface area contributed by atoms with Crippen molar-refractivity contribution in [2.24, 2.45) is 0 Å². The van der Waals surface area contributed by atoms with E-state index in [1.54, 1.807) is 4.90 Å². The zero-order chi connectivity index (χ0) is 14.3. The van der Waals surface area contributed by atoms with Crippen LogP contribution in [-0.2, 0) is 16.0 Å². The second-order valence-electron chi connectivity index (χ2n) is 4.98. The maximum atomic E-state index is 11.9. The number of amides is 1. The number of likely N-dealkylation sites (N-methyl/N-ethyl adjacent to an activating group) is 1. The Labute approximate surface area is 115 Å². The largest absolute Gasteiger partial charge is 0.399 e. The Hall–Kier alpha value is -1.55. The summed E-state index contributed by atoms with van der Waals surface area (Å²) in [5, 5.41) is 0. The van der Waals surface area contributed by atoms with Gasteiger partial charge in [0.15, 0.2) is 0 Å². The van der Waals surface area contributed by atoms with E-state index in [9.17, 15) is 4.79 Å². The minimum absolute atomic E-state index is 0.134. The van der Waals surface area contributed by atoms with Gasteiger partial charge in [-0.15, -0.1) is 0 Å². The van der Waals surface area contributed by atoms with Crippen LogP contribution in [0.25, 0.3) is 0 Å². The van der Waals surface area contributed by atoms with Gasteiger partial charge in [-0.2, -0.15) is 0 Å². The van der Waals surface area contributed by atoms with Crippen molar-refractivity contribution < 1.29 is 9.53 Å². The lowest BCUT2D eigenvalue weighted by Gasteiger charge is -2.18. The number of nitrogens with two attached hydrogens (primary N) is 1. The molecule has 0 unspecified atom stereocenters. The van der Waals surface area contributed by atoms with Crippen molar-refractivity contribution in [2.75, 3.05) is 25.9 Å². The average Bonchev–Trinajstić information content (AvgIpc) is 2.35. The minimum Gasteiger partial charge on any atom is -0.399 e. The number of carbonyl (C=O) groups excluding carboxylic acids is 1. The van der Waals surface area contributed by atoms with E-state index in [1.165, 1.54) is 0 Å². The Balaban J connectivity index is 2.30. The van der Waals surface area contributed by atoms with Crippen molar-refractivity contribution in [3.63, 3.8) is 0 Å². The van der Waals surface area contributed by atoms with Crippen molar-refractivity contribution in [1.82, 2.24) is 4.90 Å². The van der Waals surface area contributed by atoms with Crippen molar-refractivity contribution in [3.8, 4) is 0 Å². The topological polar surface area (TPSA) is 55.6 Å². The van der Waals surface area contributed by atoms with E-state index in [-0.39, 0.29) is 12.0 Å². The molecule has 1 amide bonds. The molecule has 4 nitrogen and oxygen atoms in total. The van der Waals surface area contributed by atoms with Gasteiger partial charge in [-0.05, 0) is 38.0 Å². The molecule has 106 valence electrons. The van der Waals surface area contributed by atoms with E-state index in [0.717, 1.165) is 17.7 Å². The summed E-state index contributed by atoms with van der Waals surface area (Å²) in [5.74, 6) is 0.134. The second kappa shape index (κ2) is 7.79. The van der Waals surface area contributed by atoms with E-state index >= 15 is 0 Å². The van der Waals surface area contributed by atoms with Crippen LogP contribution in [0.2, 0.25) is 0 Å². The van der Waals surface area contributed by atoms with Crippen LogP contribution in [0, 0.1) is 0 Å². The number of hydrogen-bond donors (Lipinski definition) is 1. The van der Waals surface area contributed by atoms with Crippen LogP contribution >= 0.6 is 0 Å². The van der Waals surface area contributed by atoms with Gasteiger partial charge in [0.05, 0.1) is 12.7 Å². The van der Waals surface area contributed by atoms with Crippen LogP contribution in [0.4, 0.5) is 5.69 Å². The van der Waals surface area contributed by atoms with Gasteiger partial charge in [0.25, 0.3) is 0 Å². The van der Waals surface area contributed by atoms with Crippen LogP contribution < -0.4 is 5.73 Å². The number of aryl methyl sites for hydroxylation is 1. The van der Waals surface area contributed by atoms with Crippen LogP contribution in [0.5, 0.6) is 0 Å². The van der Waals surface area contributed by atoms with Gasteiger partial charge < -0.3 is 15.4 Å². The molecule has 0 aliphatic carbocycles. The number of ether oxygens (including phenoxy) is 1. The molecule has 0 heterocycles. The summed E-state index contributed by atoms with van der Waals surface area (Å²) in [6, 6.07) is 7.66. The summed E-state index contributed by atoms with van der Waals surface area (Å²) < 4.78 is 5.43. The Morgan fingerprint density at radius 2 is 2.16 bits per heavy atom. The maximum Gasteiger partial charge on any atom is 0.222 e. The zero-order valence-corrected chi connectivity index (χ0v) is 12.1. The number of nitrogen functional groups attached to an aromatic ring is 1. The van der Waals surface area contributed by atoms with E-state index in [2.05, 4.69) is 0 Å². The van der Waals surface area contributed by atoms with Gasteiger partial charge in [-0.25, -0.2) is 0 Å². The van der Waals surface area contributed by atoms with Crippen molar-refractivity contribution in [2.45, 2.75) is 32.8 Å². The molecule has 0 aromatic heterocycles. The van der Waals surface area contributed by atoms with Crippen molar-refractivity contribution in [1.29, 1.82) is 0 Å². The fourth-order valence-corrected chi connectivity index (χ4v) is 1.74. The Morgan fingerprint density at radius 3 is 2.79 bits per heavy atom. The predicted molar refractivity (Wildman–Crippen MR) is 77.9 cm³/mol. The molecule has 2 N–H and O–H groups in total. The Bertz CT molecular complexity index is 405. The van der Waals surface area contributed by atoms with E-state index < -0.39 is 0 Å². The van der Waals surface area contributed by atoms with Crippen molar-refractivity contribution >= 4 is 11.6 Å². The standard InChI is InChI=1S/C15H24N2O2/c1-12(2)19-10-9-17(3)15(18)8-7-13-5-4-6-14(16)11-13/h4-6,11-12H,7-10,16H2,1-3H3. The summed E-state index contributed by atoms with van der Waals surface area (Å²) in [4.78, 5) is 13.6. The zero-order valence-electron chi connectivity index (χ0n) is 12.1. The van der Waals surface area contributed by atoms with Gasteiger partial charge in [-0.3, -0.25) is 4.79 Å². The summed E-state index contributed by atoms with van der Waals surface area (Å²) in [6.45, 7) is 5.19. The van der Waals surface area contributed by atoms with E-state index in [1.807, 2.05) is 45.2 Å². The first-order valence-electron chi connectivity index (χ1n) is 6.69. The molecule has 0 saturated heterocycles. The number of nitrogens with zero attached hydrogens (tertiary/aromatic N) is 1. The van der Waals surface area contributed by atoms with Gasteiger partial charge in [0.2, 0.25) is 5.91 Å². The molecule has 0 saturated carbocycles. The highest BCUT2D eigenvalue weighted by Crippen LogP contribution is 2.09. The molecule has 0 aliphatic rings. The van der Waals surface area contributed by atoms with Crippen LogP contribution in [-0.4, -0.2) is 37.1 Å². The summed E-state index contributed by atoms with van der Waals surface area (Å²) >= 11 is 0. The third-order valence-corrected chi connectivity index (χ3v) is 2.88. The minimum atomic E-state index is 0.134. The molecule has 1 aromatic carbocycles. The molecule has 0 fully saturated rings. The summed E-state index contributed by atoms with van der Waals surface area (Å²) in [5.41, 5.74) is 7.54. The molecule has 1 aromatic rings. The van der Waals surface area contributed by atoms with Crippen LogP contribution in [0.3, 0.4) is 0 Å². The number of benzene rings is 1. The van der Waals surface area contributed by atoms with Gasteiger partial charge in [-0.1, -0.05) is 12.1 Å². The molecule has 0 spiro atoms. The fourth-order valence-electron chi connectivity index (χ4n) is 1.74. The second-order valence-corrected chi connectivity index (χ2v) is 4.98. The van der Waals surface area contributed by atoms with Gasteiger partial charge in [0, 0.05) is 25.7 Å². The predicted octanol–water partition coefficient (Wildman–Crippen LogP) is 2.08. The first-order chi connectivity index (χ1) is 8.99. The highest BCUT2D eigenvalue weighted by molar-refractivity contribution is 5.76. The molecule has 19 heavy (non-hydrogen) atoms. The monoisotopic (exact) mass is 264 g/mol. The third-order valence-electron chi connectivity index (χ3n) is 2.88. The average molecular weight is 264 g/mol. The number of anilines is 1. The van der Waals surface area contributed by atoms with E-state index in [4.69, 9.17) is 10.5 Å². The highest BCUT2D eigenvalue weighted by Gasteiger charge is 2.09. The maximum absolute atomic E-state index is 11.9. The van der Waals surface area contributed by atoms with Crippen LogP contribution in [0.1, 0.15) is 25.8 Å². The highest BCUT2D eigenvalue weighted by atomic mass is 16.5. The molecule has 4 heteroatoms. The molecule has 0 radical (unpaired) electrons. The Morgan fingerprint density at radius 1 is 1.42 bits per heavy atom. The number of rotatable bonds is 7. The molecular formula is C15H24N2O2. The number of carbonyl (C=O) groups is 1. The van der Waals surface area contributed by atoms with Crippen LogP contribution in [0.15, 0.2) is 24.3 Å².